The minimum absolute atomic E-state index is 0.0118. The van der Waals surface area contributed by atoms with Crippen molar-refractivity contribution in [2.24, 2.45) is 0 Å². The van der Waals surface area contributed by atoms with E-state index < -0.39 is 0 Å². The molecule has 3 rings (SSSR count). The highest BCUT2D eigenvalue weighted by molar-refractivity contribution is 8.00. The lowest BCUT2D eigenvalue weighted by Crippen LogP contribution is -2.50. The maximum absolute atomic E-state index is 12.5. The molecule has 1 aliphatic heterocycles. The molecule has 0 aromatic heterocycles. The Morgan fingerprint density at radius 1 is 1.00 bits per heavy atom. The third-order valence-corrected chi connectivity index (χ3v) is 6.26. The summed E-state index contributed by atoms with van der Waals surface area (Å²) in [5.41, 5.74) is 3.02. The van der Waals surface area contributed by atoms with Gasteiger partial charge < -0.3 is 15.0 Å². The summed E-state index contributed by atoms with van der Waals surface area (Å²) in [5, 5.41) is 3.03. The number of rotatable bonds is 7. The summed E-state index contributed by atoms with van der Waals surface area (Å²) >= 11 is 1.53. The molecule has 1 aliphatic rings. The molecule has 2 aromatic rings. The number of ether oxygens (including phenoxy) is 1. The van der Waals surface area contributed by atoms with Crippen LogP contribution < -0.4 is 10.1 Å². The summed E-state index contributed by atoms with van der Waals surface area (Å²) < 4.78 is 5.15. The smallest absolute Gasteiger partial charge is 0.238 e. The van der Waals surface area contributed by atoms with Crippen molar-refractivity contribution in [3.63, 3.8) is 0 Å². The van der Waals surface area contributed by atoms with E-state index >= 15 is 0 Å². The van der Waals surface area contributed by atoms with Gasteiger partial charge in [0, 0.05) is 36.8 Å². The molecule has 0 saturated carbocycles. The molecular weight excluding hydrogens is 398 g/mol. The average molecular weight is 428 g/mol. The van der Waals surface area contributed by atoms with Gasteiger partial charge in [0.1, 0.15) is 5.75 Å². The van der Waals surface area contributed by atoms with Gasteiger partial charge in [-0.05, 0) is 49.2 Å². The van der Waals surface area contributed by atoms with Crippen LogP contribution in [0.4, 0.5) is 5.69 Å². The van der Waals surface area contributed by atoms with E-state index in [9.17, 15) is 9.59 Å². The van der Waals surface area contributed by atoms with E-state index in [1.54, 1.807) is 7.11 Å². The van der Waals surface area contributed by atoms with Gasteiger partial charge in [0.25, 0.3) is 0 Å². The number of nitrogens with one attached hydrogen (secondary N) is 1. The molecule has 160 valence electrons. The van der Waals surface area contributed by atoms with Crippen molar-refractivity contribution in [1.82, 2.24) is 9.80 Å². The molecule has 0 spiro atoms. The van der Waals surface area contributed by atoms with E-state index in [1.807, 2.05) is 61.2 Å². The average Bonchev–Trinajstić information content (AvgIpc) is 2.75. The molecule has 0 aliphatic carbocycles. The third-order valence-electron chi connectivity index (χ3n) is 5.26. The summed E-state index contributed by atoms with van der Waals surface area (Å²) in [6.07, 6.45) is 0. The third kappa shape index (κ3) is 6.00. The normalized spacial score (nSPS) is 14.4. The fourth-order valence-corrected chi connectivity index (χ4v) is 4.26. The Morgan fingerprint density at radius 3 is 2.23 bits per heavy atom. The number of carbonyl (C=O) groups excluding carboxylic acids is 2. The van der Waals surface area contributed by atoms with Crippen molar-refractivity contribution in [1.29, 1.82) is 0 Å². The standard InChI is InChI=1S/C23H29N3O3S/c1-17-5-4-6-18(2)23(17)24-21(27)15-25-11-13-26(14-12-25)22(28)16-30-20-9-7-19(29-3)8-10-20/h4-10H,11-16H2,1-3H3,(H,24,27). The number of thioether (sulfide) groups is 1. The second-order valence-corrected chi connectivity index (χ2v) is 8.48. The van der Waals surface area contributed by atoms with Crippen molar-refractivity contribution in [2.75, 3.05) is 50.9 Å². The number of piperazine rings is 1. The van der Waals surface area contributed by atoms with E-state index in [-0.39, 0.29) is 11.8 Å². The van der Waals surface area contributed by atoms with Crippen LogP contribution >= 0.6 is 11.8 Å². The molecule has 7 heteroatoms. The Hall–Kier alpha value is -2.51. The van der Waals surface area contributed by atoms with Gasteiger partial charge in [0.2, 0.25) is 11.8 Å². The fraction of sp³-hybridized carbons (Fsp3) is 0.391. The first kappa shape index (κ1) is 22.2. The number of hydrogen-bond donors (Lipinski definition) is 1. The Morgan fingerprint density at radius 2 is 1.63 bits per heavy atom. The highest BCUT2D eigenvalue weighted by Crippen LogP contribution is 2.22. The van der Waals surface area contributed by atoms with Crippen LogP contribution in [0.1, 0.15) is 11.1 Å². The number of para-hydroxylation sites is 1. The van der Waals surface area contributed by atoms with Crippen LogP contribution in [0.15, 0.2) is 47.4 Å². The van der Waals surface area contributed by atoms with Crippen LogP contribution in [-0.4, -0.2) is 67.2 Å². The molecule has 30 heavy (non-hydrogen) atoms. The van der Waals surface area contributed by atoms with Crippen molar-refractivity contribution in [2.45, 2.75) is 18.7 Å². The molecule has 2 amide bonds. The zero-order valence-corrected chi connectivity index (χ0v) is 18.6. The molecule has 0 radical (unpaired) electrons. The second-order valence-electron chi connectivity index (χ2n) is 7.44. The van der Waals surface area contributed by atoms with Gasteiger partial charge in [-0.1, -0.05) is 18.2 Å². The number of hydrogen-bond acceptors (Lipinski definition) is 5. The monoisotopic (exact) mass is 427 g/mol. The zero-order chi connectivity index (χ0) is 21.5. The fourth-order valence-electron chi connectivity index (χ4n) is 3.46. The van der Waals surface area contributed by atoms with Gasteiger partial charge in [0.05, 0.1) is 19.4 Å². The predicted octanol–water partition coefficient (Wildman–Crippen LogP) is 3.19. The maximum atomic E-state index is 12.5. The number of anilines is 1. The highest BCUT2D eigenvalue weighted by atomic mass is 32.2. The molecule has 1 saturated heterocycles. The van der Waals surface area contributed by atoms with E-state index in [0.29, 0.717) is 38.5 Å². The number of methoxy groups -OCH3 is 1. The summed E-state index contributed by atoms with van der Waals surface area (Å²) in [6.45, 7) is 7.06. The highest BCUT2D eigenvalue weighted by Gasteiger charge is 2.22. The van der Waals surface area contributed by atoms with E-state index in [2.05, 4.69) is 10.2 Å². The topological polar surface area (TPSA) is 61.9 Å². The molecular formula is C23H29N3O3S. The van der Waals surface area contributed by atoms with Gasteiger partial charge in [-0.15, -0.1) is 11.8 Å². The van der Waals surface area contributed by atoms with E-state index in [1.165, 1.54) is 11.8 Å². The van der Waals surface area contributed by atoms with Crippen LogP contribution in [0, 0.1) is 13.8 Å². The lowest BCUT2D eigenvalue weighted by atomic mass is 10.1. The van der Waals surface area contributed by atoms with Crippen molar-refractivity contribution in [3.05, 3.63) is 53.6 Å². The van der Waals surface area contributed by atoms with Crippen LogP contribution in [0.5, 0.6) is 5.75 Å². The predicted molar refractivity (Wildman–Crippen MR) is 121 cm³/mol. The number of carbonyl (C=O) groups is 2. The first-order chi connectivity index (χ1) is 14.5. The van der Waals surface area contributed by atoms with Gasteiger partial charge >= 0.3 is 0 Å². The molecule has 1 fully saturated rings. The minimum Gasteiger partial charge on any atom is -0.497 e. The maximum Gasteiger partial charge on any atom is 0.238 e. The Balaban J connectivity index is 1.41. The molecule has 0 bridgehead atoms. The van der Waals surface area contributed by atoms with Crippen LogP contribution in [0.2, 0.25) is 0 Å². The van der Waals surface area contributed by atoms with Gasteiger partial charge in [-0.3, -0.25) is 14.5 Å². The van der Waals surface area contributed by atoms with Crippen LogP contribution in [0.3, 0.4) is 0 Å². The van der Waals surface area contributed by atoms with Gasteiger partial charge in [-0.25, -0.2) is 0 Å². The Kier molecular flexibility index (Phi) is 7.76. The number of benzene rings is 2. The summed E-state index contributed by atoms with van der Waals surface area (Å²) in [7, 11) is 1.64. The lowest BCUT2D eigenvalue weighted by Gasteiger charge is -2.34. The molecule has 0 atom stereocenters. The second kappa shape index (κ2) is 10.5. The lowest BCUT2D eigenvalue weighted by molar-refractivity contribution is -0.130. The number of amides is 2. The quantitative estimate of drug-likeness (QED) is 0.688. The molecule has 0 unspecified atom stereocenters. The number of aryl methyl sites for hydroxylation is 2. The van der Waals surface area contributed by atoms with E-state index in [4.69, 9.17) is 4.74 Å². The largest absolute Gasteiger partial charge is 0.497 e. The molecule has 1 heterocycles. The Labute approximate surface area is 182 Å². The molecule has 6 nitrogen and oxygen atoms in total. The zero-order valence-electron chi connectivity index (χ0n) is 17.8. The molecule has 2 aromatic carbocycles. The minimum atomic E-state index is -0.0118. The van der Waals surface area contributed by atoms with Crippen LogP contribution in [0.25, 0.3) is 0 Å². The summed E-state index contributed by atoms with van der Waals surface area (Å²) in [4.78, 5) is 30.0. The Bertz CT molecular complexity index is 858. The number of nitrogens with zero attached hydrogens (tertiary/aromatic N) is 2. The van der Waals surface area contributed by atoms with Crippen molar-refractivity contribution >= 4 is 29.3 Å². The summed E-state index contributed by atoms with van der Waals surface area (Å²) in [5.74, 6) is 1.35. The van der Waals surface area contributed by atoms with E-state index in [0.717, 1.165) is 27.5 Å². The SMILES string of the molecule is COc1ccc(SCC(=O)N2CCN(CC(=O)Nc3c(C)cccc3C)CC2)cc1. The molecule has 1 N–H and O–H groups in total. The first-order valence-electron chi connectivity index (χ1n) is 10.1. The first-order valence-corrected chi connectivity index (χ1v) is 11.1. The van der Waals surface area contributed by atoms with Crippen LogP contribution in [-0.2, 0) is 9.59 Å². The van der Waals surface area contributed by atoms with Crippen molar-refractivity contribution < 1.29 is 14.3 Å². The van der Waals surface area contributed by atoms with Gasteiger partial charge in [-0.2, -0.15) is 0 Å². The van der Waals surface area contributed by atoms with Crippen molar-refractivity contribution in [3.8, 4) is 5.75 Å². The summed E-state index contributed by atoms with van der Waals surface area (Å²) in [6, 6.07) is 13.7. The van der Waals surface area contributed by atoms with Gasteiger partial charge in [0.15, 0.2) is 0 Å².